The first kappa shape index (κ1) is 17.3. The third-order valence-electron chi connectivity index (χ3n) is 3.85. The second-order valence-electron chi connectivity index (χ2n) is 5.65. The first-order valence-corrected chi connectivity index (χ1v) is 7.74. The Morgan fingerprint density at radius 2 is 2.13 bits per heavy atom. The number of quaternary nitrogens is 1. The fourth-order valence-corrected chi connectivity index (χ4v) is 2.78. The molecule has 1 unspecified atom stereocenters. The van der Waals surface area contributed by atoms with Crippen molar-refractivity contribution in [2.45, 2.75) is 19.8 Å². The van der Waals surface area contributed by atoms with Gasteiger partial charge in [-0.3, -0.25) is 9.59 Å². The molecule has 0 aliphatic carbocycles. The number of benzene rings is 1. The van der Waals surface area contributed by atoms with Crippen LogP contribution in [0.1, 0.15) is 19.8 Å². The number of carbonyl (C=O) groups is 2. The van der Waals surface area contributed by atoms with Gasteiger partial charge in [0.25, 0.3) is 5.91 Å². The summed E-state index contributed by atoms with van der Waals surface area (Å²) in [5.74, 6) is -2.66. The molecule has 2 N–H and O–H groups in total. The Morgan fingerprint density at radius 3 is 2.83 bits per heavy atom. The van der Waals surface area contributed by atoms with Gasteiger partial charge in [-0.25, -0.2) is 8.78 Å². The normalized spacial score (nSPS) is 20.8. The molecule has 1 aliphatic heterocycles. The van der Waals surface area contributed by atoms with E-state index in [1.54, 1.807) is 6.92 Å². The van der Waals surface area contributed by atoms with Gasteiger partial charge in [-0.2, -0.15) is 0 Å². The summed E-state index contributed by atoms with van der Waals surface area (Å²) in [6.45, 7) is 3.63. The SMILES string of the molecule is CCOC(=O)[C@H]1CCC[NH+](CC(=O)Nc2ccc(F)c(F)c2)C1. The van der Waals surface area contributed by atoms with Crippen molar-refractivity contribution >= 4 is 17.6 Å². The van der Waals surface area contributed by atoms with E-state index in [0.29, 0.717) is 13.2 Å². The van der Waals surface area contributed by atoms with Gasteiger partial charge in [0.05, 0.1) is 19.7 Å². The van der Waals surface area contributed by atoms with Crippen LogP contribution in [0.2, 0.25) is 0 Å². The molecule has 2 rings (SSSR count). The number of amides is 1. The van der Waals surface area contributed by atoms with Crippen LogP contribution >= 0.6 is 0 Å². The molecule has 1 fully saturated rings. The molecule has 1 aromatic carbocycles. The zero-order valence-corrected chi connectivity index (χ0v) is 13.0. The van der Waals surface area contributed by atoms with E-state index in [0.717, 1.165) is 36.4 Å². The van der Waals surface area contributed by atoms with E-state index in [9.17, 15) is 18.4 Å². The second-order valence-corrected chi connectivity index (χ2v) is 5.65. The van der Waals surface area contributed by atoms with Gasteiger partial charge < -0.3 is 15.0 Å². The molecule has 0 bridgehead atoms. The van der Waals surface area contributed by atoms with Crippen LogP contribution in [-0.4, -0.2) is 38.1 Å². The van der Waals surface area contributed by atoms with Crippen LogP contribution in [0.4, 0.5) is 14.5 Å². The van der Waals surface area contributed by atoms with E-state index in [4.69, 9.17) is 4.74 Å². The summed E-state index contributed by atoms with van der Waals surface area (Å²) in [6.07, 6.45) is 1.62. The van der Waals surface area contributed by atoms with Gasteiger partial charge >= 0.3 is 5.97 Å². The van der Waals surface area contributed by atoms with Gasteiger partial charge in [0.2, 0.25) is 0 Å². The molecular formula is C16H21F2N2O3+. The average Bonchev–Trinajstić information content (AvgIpc) is 2.51. The monoisotopic (exact) mass is 327 g/mol. The third kappa shape index (κ3) is 4.99. The van der Waals surface area contributed by atoms with Gasteiger partial charge in [0.1, 0.15) is 5.92 Å². The quantitative estimate of drug-likeness (QED) is 0.785. The molecule has 7 heteroatoms. The fourth-order valence-electron chi connectivity index (χ4n) is 2.78. The average molecular weight is 327 g/mol. The molecule has 1 heterocycles. The number of hydrogen-bond donors (Lipinski definition) is 2. The molecule has 1 saturated heterocycles. The molecule has 23 heavy (non-hydrogen) atoms. The molecule has 0 saturated carbocycles. The zero-order valence-electron chi connectivity index (χ0n) is 13.0. The molecule has 2 atom stereocenters. The van der Waals surface area contributed by atoms with Gasteiger partial charge in [0, 0.05) is 11.8 Å². The van der Waals surface area contributed by atoms with E-state index in [1.165, 1.54) is 6.07 Å². The van der Waals surface area contributed by atoms with E-state index in [-0.39, 0.29) is 30.0 Å². The van der Waals surface area contributed by atoms with Crippen molar-refractivity contribution in [3.8, 4) is 0 Å². The maximum Gasteiger partial charge on any atom is 0.314 e. The maximum absolute atomic E-state index is 13.1. The lowest BCUT2D eigenvalue weighted by atomic mass is 9.98. The third-order valence-corrected chi connectivity index (χ3v) is 3.85. The predicted molar refractivity (Wildman–Crippen MR) is 79.9 cm³/mol. The van der Waals surface area contributed by atoms with E-state index >= 15 is 0 Å². The lowest BCUT2D eigenvalue weighted by Gasteiger charge is -2.28. The number of rotatable bonds is 5. The minimum absolute atomic E-state index is 0.175. The fraction of sp³-hybridized carbons (Fsp3) is 0.500. The van der Waals surface area contributed by atoms with Crippen molar-refractivity contribution in [3.05, 3.63) is 29.8 Å². The first-order valence-electron chi connectivity index (χ1n) is 7.74. The maximum atomic E-state index is 13.1. The molecule has 1 aliphatic rings. The summed E-state index contributed by atoms with van der Waals surface area (Å²) in [5.41, 5.74) is 0.215. The van der Waals surface area contributed by atoms with Crippen LogP contribution in [0.15, 0.2) is 18.2 Å². The first-order chi connectivity index (χ1) is 11.0. The van der Waals surface area contributed by atoms with Crippen molar-refractivity contribution in [2.75, 3.05) is 31.6 Å². The summed E-state index contributed by atoms with van der Waals surface area (Å²) in [6, 6.07) is 3.22. The summed E-state index contributed by atoms with van der Waals surface area (Å²) in [5, 5.41) is 2.54. The highest BCUT2D eigenvalue weighted by molar-refractivity contribution is 5.91. The number of carbonyl (C=O) groups excluding carboxylic acids is 2. The number of piperidine rings is 1. The van der Waals surface area contributed by atoms with Crippen molar-refractivity contribution in [2.24, 2.45) is 5.92 Å². The largest absolute Gasteiger partial charge is 0.466 e. The van der Waals surface area contributed by atoms with Crippen LogP contribution < -0.4 is 10.2 Å². The zero-order chi connectivity index (χ0) is 16.8. The summed E-state index contributed by atoms with van der Waals surface area (Å²) >= 11 is 0. The van der Waals surface area contributed by atoms with Crippen molar-refractivity contribution in [1.82, 2.24) is 0 Å². The summed E-state index contributed by atoms with van der Waals surface area (Å²) in [7, 11) is 0. The van der Waals surface area contributed by atoms with E-state index in [1.807, 2.05) is 0 Å². The predicted octanol–water partition coefficient (Wildman–Crippen LogP) is 0.761. The Balaban J connectivity index is 1.86. The Labute approximate surface area is 133 Å². The molecular weight excluding hydrogens is 306 g/mol. The molecule has 0 aromatic heterocycles. The topological polar surface area (TPSA) is 59.8 Å². The number of ether oxygens (including phenoxy) is 1. The van der Waals surface area contributed by atoms with Gasteiger partial charge in [0.15, 0.2) is 18.2 Å². The van der Waals surface area contributed by atoms with Crippen LogP contribution in [0, 0.1) is 17.6 Å². The molecule has 126 valence electrons. The van der Waals surface area contributed by atoms with E-state index in [2.05, 4.69) is 5.32 Å². The molecule has 1 amide bonds. The highest BCUT2D eigenvalue weighted by Gasteiger charge is 2.30. The van der Waals surface area contributed by atoms with Crippen molar-refractivity contribution in [3.63, 3.8) is 0 Å². The number of nitrogens with one attached hydrogen (secondary N) is 2. The van der Waals surface area contributed by atoms with Crippen LogP contribution in [0.25, 0.3) is 0 Å². The lowest BCUT2D eigenvalue weighted by molar-refractivity contribution is -0.899. The molecule has 0 spiro atoms. The number of halogens is 2. The molecule has 1 aromatic rings. The number of likely N-dealkylation sites (tertiary alicyclic amines) is 1. The summed E-state index contributed by atoms with van der Waals surface area (Å²) in [4.78, 5) is 24.8. The minimum atomic E-state index is -1.00. The Morgan fingerprint density at radius 1 is 1.35 bits per heavy atom. The van der Waals surface area contributed by atoms with E-state index < -0.39 is 11.6 Å². The highest BCUT2D eigenvalue weighted by atomic mass is 19.2. The standard InChI is InChI=1S/C16H20F2N2O3/c1-2-23-16(22)11-4-3-7-20(9-11)10-15(21)19-12-5-6-13(17)14(18)8-12/h5-6,8,11H,2-4,7,9-10H2,1H3,(H,19,21)/p+1/t11-/m0/s1. The van der Waals surface area contributed by atoms with Gasteiger partial charge in [-0.1, -0.05) is 0 Å². The van der Waals surface area contributed by atoms with Gasteiger partial charge in [-0.05, 0) is 31.9 Å². The minimum Gasteiger partial charge on any atom is -0.466 e. The highest BCUT2D eigenvalue weighted by Crippen LogP contribution is 2.13. The molecule has 5 nitrogen and oxygen atoms in total. The second kappa shape index (κ2) is 8.01. The van der Waals surface area contributed by atoms with Crippen molar-refractivity contribution < 1.29 is 28.0 Å². The van der Waals surface area contributed by atoms with Gasteiger partial charge in [-0.15, -0.1) is 0 Å². The number of anilines is 1. The lowest BCUT2D eigenvalue weighted by Crippen LogP contribution is -3.14. The number of esters is 1. The Bertz CT molecular complexity index is 580. The van der Waals surface area contributed by atoms with Crippen LogP contribution in [0.3, 0.4) is 0 Å². The Hall–Kier alpha value is -2.02. The smallest absolute Gasteiger partial charge is 0.314 e. The summed E-state index contributed by atoms with van der Waals surface area (Å²) < 4.78 is 31.0. The molecule has 0 radical (unpaired) electrons. The number of hydrogen-bond acceptors (Lipinski definition) is 3. The van der Waals surface area contributed by atoms with Crippen molar-refractivity contribution in [1.29, 1.82) is 0 Å². The van der Waals surface area contributed by atoms with Crippen LogP contribution in [0.5, 0.6) is 0 Å². The van der Waals surface area contributed by atoms with Crippen LogP contribution in [-0.2, 0) is 14.3 Å². The Kier molecular flexibility index (Phi) is 6.04.